The molecule has 200 valence electrons. The summed E-state index contributed by atoms with van der Waals surface area (Å²) in [6, 6.07) is 6.33. The molecule has 39 heavy (non-hydrogen) atoms. The third-order valence-electron chi connectivity index (χ3n) is 8.38. The number of nitrogens with one attached hydrogen (secondary N) is 1. The first kappa shape index (κ1) is 24.4. The van der Waals surface area contributed by atoms with Crippen LogP contribution in [0.3, 0.4) is 0 Å². The van der Waals surface area contributed by atoms with Gasteiger partial charge in [-0.2, -0.15) is 23.4 Å². The fourth-order valence-corrected chi connectivity index (χ4v) is 6.72. The number of alkyl halides is 4. The summed E-state index contributed by atoms with van der Waals surface area (Å²) < 4.78 is 41.4. The lowest BCUT2D eigenvalue weighted by Crippen LogP contribution is -2.41. The first-order chi connectivity index (χ1) is 18.5. The fraction of sp³-hybridized carbons (Fsp3) is 0.357. The zero-order valence-electron chi connectivity index (χ0n) is 21.6. The Kier molecular flexibility index (Phi) is 4.96. The molecule has 7 nitrogen and oxygen atoms in total. The number of halogens is 4. The Labute approximate surface area is 227 Å². The Balaban J connectivity index is 1.44. The largest absolute Gasteiger partial charge is 0.419 e. The molecule has 3 aliphatic rings. The number of allylic oxidation sites excluding steroid dienone is 2. The maximum atomic E-state index is 13.1. The molecular weight excluding hydrogens is 527 g/mol. The predicted molar refractivity (Wildman–Crippen MR) is 141 cm³/mol. The maximum Gasteiger partial charge on any atom is 0.419 e. The van der Waals surface area contributed by atoms with Crippen LogP contribution < -0.4 is 4.90 Å². The van der Waals surface area contributed by atoms with E-state index in [0.717, 1.165) is 63.8 Å². The molecule has 2 atom stereocenters. The number of H-pyrrole nitrogens is 1. The van der Waals surface area contributed by atoms with Gasteiger partial charge in [0.2, 0.25) is 5.95 Å². The molecule has 11 heteroatoms. The molecular formula is C28H25ClF3N7. The van der Waals surface area contributed by atoms with E-state index in [0.29, 0.717) is 19.5 Å². The Morgan fingerprint density at radius 3 is 2.62 bits per heavy atom. The maximum absolute atomic E-state index is 13.1. The summed E-state index contributed by atoms with van der Waals surface area (Å²) in [4.78, 5) is 9.29. The molecule has 4 aromatic rings. The van der Waals surface area contributed by atoms with E-state index in [-0.39, 0.29) is 5.95 Å². The van der Waals surface area contributed by atoms with Gasteiger partial charge < -0.3 is 4.90 Å². The number of aromatic amines is 1. The van der Waals surface area contributed by atoms with Crippen LogP contribution in [0.1, 0.15) is 65.7 Å². The molecule has 5 heterocycles. The number of hydrogen-bond acceptors (Lipinski definition) is 5. The standard InChI is InChI=1S/C28H25ClF3N7/c1-4-15-6-5-7-17-19-10-26(2,29)23-20(13-35-36-23)27(19,3)24-18-14-38(9-8-21(18)37-39(24)22(15)17)25-33-11-16(12-34-25)28(30,31)32/h5-7,10-13H,4,8-9,14H2,1-3H3,(H,35,36). The number of benzene rings is 1. The van der Waals surface area contributed by atoms with E-state index in [4.69, 9.17) is 16.7 Å². The van der Waals surface area contributed by atoms with Gasteiger partial charge in [0, 0.05) is 48.6 Å². The third-order valence-corrected chi connectivity index (χ3v) is 8.68. The molecule has 0 spiro atoms. The van der Waals surface area contributed by atoms with Gasteiger partial charge in [0.1, 0.15) is 4.87 Å². The Hall–Kier alpha value is -3.66. The average molecular weight is 552 g/mol. The molecule has 2 unspecified atom stereocenters. The highest BCUT2D eigenvalue weighted by molar-refractivity contribution is 6.26. The van der Waals surface area contributed by atoms with E-state index >= 15 is 0 Å². The van der Waals surface area contributed by atoms with Crippen LogP contribution in [0.4, 0.5) is 19.1 Å². The summed E-state index contributed by atoms with van der Waals surface area (Å²) in [5, 5.41) is 12.7. The van der Waals surface area contributed by atoms with E-state index in [1.807, 2.05) is 18.0 Å². The second-order valence-corrected chi connectivity index (χ2v) is 11.5. The molecule has 0 amide bonds. The molecule has 1 aliphatic carbocycles. The highest BCUT2D eigenvalue weighted by Gasteiger charge is 2.52. The molecule has 3 aromatic heterocycles. The van der Waals surface area contributed by atoms with Gasteiger partial charge in [0.05, 0.1) is 39.9 Å². The van der Waals surface area contributed by atoms with Crippen molar-refractivity contribution in [3.63, 3.8) is 0 Å². The van der Waals surface area contributed by atoms with Crippen molar-refractivity contribution < 1.29 is 13.2 Å². The summed E-state index contributed by atoms with van der Waals surface area (Å²) in [7, 11) is 0. The first-order valence-electron chi connectivity index (χ1n) is 12.9. The number of fused-ring (bicyclic) bond motifs is 10. The van der Waals surface area contributed by atoms with Crippen molar-refractivity contribution in [2.45, 2.75) is 56.6 Å². The molecule has 2 aliphatic heterocycles. The minimum atomic E-state index is -4.49. The van der Waals surface area contributed by atoms with Crippen LogP contribution in [0.5, 0.6) is 0 Å². The van der Waals surface area contributed by atoms with Gasteiger partial charge in [-0.05, 0) is 31.4 Å². The van der Waals surface area contributed by atoms with Crippen molar-refractivity contribution in [2.24, 2.45) is 0 Å². The molecule has 0 saturated heterocycles. The molecule has 7 rings (SSSR count). The summed E-state index contributed by atoms with van der Waals surface area (Å²) >= 11 is 7.08. The molecule has 0 radical (unpaired) electrons. The second kappa shape index (κ2) is 7.94. The Morgan fingerprint density at radius 2 is 1.90 bits per heavy atom. The lowest BCUT2D eigenvalue weighted by Gasteiger charge is -2.44. The second-order valence-electron chi connectivity index (χ2n) is 10.7. The van der Waals surface area contributed by atoms with E-state index in [1.165, 1.54) is 5.56 Å². The summed E-state index contributed by atoms with van der Waals surface area (Å²) in [6.07, 6.45) is 2.62. The highest BCUT2D eigenvalue weighted by atomic mass is 35.5. The van der Waals surface area contributed by atoms with Gasteiger partial charge in [-0.15, -0.1) is 11.6 Å². The van der Waals surface area contributed by atoms with Crippen molar-refractivity contribution in [1.29, 1.82) is 0 Å². The molecule has 0 bridgehead atoms. The smallest absolute Gasteiger partial charge is 0.336 e. The summed E-state index contributed by atoms with van der Waals surface area (Å²) in [5.41, 5.74) is 7.77. The van der Waals surface area contributed by atoms with E-state index < -0.39 is 22.0 Å². The number of aryl methyl sites for hydroxylation is 1. The molecule has 1 N–H and O–H groups in total. The zero-order chi connectivity index (χ0) is 27.3. The van der Waals surface area contributed by atoms with Crippen LogP contribution >= 0.6 is 11.6 Å². The van der Waals surface area contributed by atoms with Gasteiger partial charge in [-0.1, -0.05) is 31.2 Å². The predicted octanol–water partition coefficient (Wildman–Crippen LogP) is 5.70. The lowest BCUT2D eigenvalue weighted by atomic mass is 9.63. The monoisotopic (exact) mass is 551 g/mol. The third kappa shape index (κ3) is 3.30. The number of rotatable bonds is 2. The summed E-state index contributed by atoms with van der Waals surface area (Å²) in [6.45, 7) is 7.25. The van der Waals surface area contributed by atoms with Gasteiger partial charge >= 0.3 is 6.18 Å². The van der Waals surface area contributed by atoms with Crippen LogP contribution in [0.15, 0.2) is 42.9 Å². The topological polar surface area (TPSA) is 75.5 Å². The van der Waals surface area contributed by atoms with Crippen molar-refractivity contribution >= 4 is 23.1 Å². The Morgan fingerprint density at radius 1 is 1.13 bits per heavy atom. The van der Waals surface area contributed by atoms with E-state index in [2.05, 4.69) is 63.0 Å². The lowest BCUT2D eigenvalue weighted by molar-refractivity contribution is -0.138. The van der Waals surface area contributed by atoms with E-state index in [1.54, 1.807) is 0 Å². The van der Waals surface area contributed by atoms with Crippen molar-refractivity contribution in [1.82, 2.24) is 29.9 Å². The first-order valence-corrected chi connectivity index (χ1v) is 13.3. The van der Waals surface area contributed by atoms with Crippen molar-refractivity contribution in [3.05, 3.63) is 87.8 Å². The normalized spacial score (nSPS) is 23.4. The minimum absolute atomic E-state index is 0.265. The van der Waals surface area contributed by atoms with Crippen LogP contribution in [-0.4, -0.2) is 36.5 Å². The van der Waals surface area contributed by atoms with Gasteiger partial charge in [0.25, 0.3) is 0 Å². The van der Waals surface area contributed by atoms with Crippen LogP contribution in [-0.2, 0) is 35.9 Å². The number of anilines is 1. The SMILES string of the molecule is CCc1cccc2c1-n1nc3c(c1C1(C)C2=CC(C)(Cl)c2[nH]ncc21)CN(c1ncc(C(F)(F)F)cn1)CC3. The average Bonchev–Trinajstić information content (AvgIpc) is 3.56. The fourth-order valence-electron chi connectivity index (χ4n) is 6.47. The Bertz CT molecular complexity index is 1670. The number of aromatic nitrogens is 6. The quantitative estimate of drug-likeness (QED) is 0.323. The number of hydrogen-bond donors (Lipinski definition) is 1. The van der Waals surface area contributed by atoms with Crippen LogP contribution in [0, 0.1) is 0 Å². The molecule has 1 aromatic carbocycles. The zero-order valence-corrected chi connectivity index (χ0v) is 22.3. The van der Waals surface area contributed by atoms with Gasteiger partial charge in [-0.3, -0.25) is 5.10 Å². The van der Waals surface area contributed by atoms with E-state index in [9.17, 15) is 13.2 Å². The highest BCUT2D eigenvalue weighted by Crippen LogP contribution is 2.58. The molecule has 0 fully saturated rings. The van der Waals surface area contributed by atoms with Gasteiger partial charge in [-0.25, -0.2) is 14.6 Å². The van der Waals surface area contributed by atoms with Crippen LogP contribution in [0.2, 0.25) is 0 Å². The van der Waals surface area contributed by atoms with Crippen molar-refractivity contribution in [3.8, 4) is 5.69 Å². The van der Waals surface area contributed by atoms with Crippen LogP contribution in [0.25, 0.3) is 11.3 Å². The summed E-state index contributed by atoms with van der Waals surface area (Å²) in [5.74, 6) is 0.265. The van der Waals surface area contributed by atoms with Gasteiger partial charge in [0.15, 0.2) is 0 Å². The number of para-hydroxylation sites is 1. The number of nitrogens with zero attached hydrogens (tertiary/aromatic N) is 6. The van der Waals surface area contributed by atoms with Crippen molar-refractivity contribution in [2.75, 3.05) is 11.4 Å². The molecule has 0 saturated carbocycles. The minimum Gasteiger partial charge on any atom is -0.336 e.